The molecule has 2 fully saturated rings. The molecule has 2 N–H and O–H groups in total. The summed E-state index contributed by atoms with van der Waals surface area (Å²) in [5.41, 5.74) is 3.43. The van der Waals surface area contributed by atoms with Crippen LogP contribution in [0.3, 0.4) is 0 Å². The molecule has 0 aromatic heterocycles. The van der Waals surface area contributed by atoms with Crippen molar-refractivity contribution in [1.29, 1.82) is 0 Å². The number of carboxylic acid groups (broad SMARTS) is 2. The molecule has 4 rings (SSSR count). The summed E-state index contributed by atoms with van der Waals surface area (Å²) in [5, 5.41) is 16.8. The standard InChI is InChI=1S/C24H27Cl2FN2O2.CH2O2/c1-15-10-18(29-13-24(27,14-29)22-20(25)4-3-5-21(22)26)11-16(2)19(15)12-28-8-6-17(7-9-28)23(30)31;2-1-3/h3-5,10-11,17H,6-9,12-14H2,1-2H3,(H,30,31);1H,(H,2,3). The highest BCUT2D eigenvalue weighted by molar-refractivity contribution is 6.36. The number of alkyl halides is 1. The van der Waals surface area contributed by atoms with Crippen molar-refractivity contribution in [3.05, 3.63) is 62.6 Å². The van der Waals surface area contributed by atoms with Crippen LogP contribution in [0.1, 0.15) is 35.1 Å². The van der Waals surface area contributed by atoms with E-state index < -0.39 is 11.6 Å². The van der Waals surface area contributed by atoms with E-state index in [2.05, 4.69) is 30.9 Å². The van der Waals surface area contributed by atoms with Crippen LogP contribution >= 0.6 is 23.2 Å². The highest BCUT2D eigenvalue weighted by atomic mass is 35.5. The second kappa shape index (κ2) is 10.9. The van der Waals surface area contributed by atoms with Gasteiger partial charge in [-0.1, -0.05) is 29.3 Å². The average Bonchev–Trinajstić information content (AvgIpc) is 2.75. The predicted octanol–water partition coefficient (Wildman–Crippen LogP) is 5.29. The number of rotatable bonds is 5. The molecule has 2 aromatic carbocycles. The van der Waals surface area contributed by atoms with Gasteiger partial charge in [0.2, 0.25) is 0 Å². The zero-order chi connectivity index (χ0) is 25.0. The molecule has 0 atom stereocenters. The Morgan fingerprint density at radius 2 is 1.65 bits per heavy atom. The van der Waals surface area contributed by atoms with E-state index in [1.807, 2.05) is 4.90 Å². The molecule has 2 saturated heterocycles. The number of hydrogen-bond acceptors (Lipinski definition) is 4. The highest BCUT2D eigenvalue weighted by Gasteiger charge is 2.47. The minimum absolute atomic E-state index is 0.220. The van der Waals surface area contributed by atoms with Gasteiger partial charge in [0.05, 0.1) is 19.0 Å². The predicted molar refractivity (Wildman–Crippen MR) is 132 cm³/mol. The van der Waals surface area contributed by atoms with E-state index in [-0.39, 0.29) is 25.5 Å². The molecule has 0 aliphatic carbocycles. The first-order valence-corrected chi connectivity index (χ1v) is 11.9. The zero-order valence-corrected chi connectivity index (χ0v) is 20.7. The van der Waals surface area contributed by atoms with Crippen LogP contribution in [0.15, 0.2) is 30.3 Å². The van der Waals surface area contributed by atoms with E-state index >= 15 is 4.39 Å². The minimum Gasteiger partial charge on any atom is -0.483 e. The summed E-state index contributed by atoms with van der Waals surface area (Å²) in [6, 6.07) is 9.30. The Balaban J connectivity index is 0.00000103. The quantitative estimate of drug-likeness (QED) is 0.531. The summed E-state index contributed by atoms with van der Waals surface area (Å²) < 4.78 is 15.5. The molecule has 0 radical (unpaired) electrons. The van der Waals surface area contributed by atoms with Crippen LogP contribution in [0.5, 0.6) is 0 Å². The second-order valence-corrected chi connectivity index (χ2v) is 9.78. The molecule has 2 aromatic rings. The molecule has 0 saturated carbocycles. The van der Waals surface area contributed by atoms with Crippen LogP contribution in [-0.2, 0) is 21.8 Å². The third-order valence-electron chi connectivity index (χ3n) is 6.66. The first-order chi connectivity index (χ1) is 16.1. The first kappa shape index (κ1) is 26.3. The van der Waals surface area contributed by atoms with E-state index in [9.17, 15) is 9.90 Å². The maximum absolute atomic E-state index is 15.5. The van der Waals surface area contributed by atoms with Gasteiger partial charge in [0, 0.05) is 27.8 Å². The number of hydrogen-bond donors (Lipinski definition) is 2. The Labute approximate surface area is 208 Å². The van der Waals surface area contributed by atoms with Crippen molar-refractivity contribution < 1.29 is 24.2 Å². The molecule has 34 heavy (non-hydrogen) atoms. The Morgan fingerprint density at radius 1 is 1.15 bits per heavy atom. The number of benzene rings is 2. The maximum atomic E-state index is 15.5. The Morgan fingerprint density at radius 3 is 2.12 bits per heavy atom. The van der Waals surface area contributed by atoms with Gasteiger partial charge in [0.15, 0.2) is 5.67 Å². The zero-order valence-electron chi connectivity index (χ0n) is 19.2. The molecular formula is C25H29Cl2FN2O4. The van der Waals surface area contributed by atoms with Crippen LogP contribution in [-0.4, -0.2) is 53.7 Å². The summed E-state index contributed by atoms with van der Waals surface area (Å²) in [5.74, 6) is -0.909. The SMILES string of the molecule is Cc1cc(N2CC(F)(c3c(Cl)cccc3Cl)C2)cc(C)c1CN1CCC(C(=O)O)CC1.O=CO. The number of carbonyl (C=O) groups is 2. The number of halogens is 3. The molecule has 184 valence electrons. The molecule has 0 spiro atoms. The lowest BCUT2D eigenvalue weighted by molar-refractivity contribution is -0.143. The second-order valence-electron chi connectivity index (χ2n) is 8.97. The van der Waals surface area contributed by atoms with Crippen LogP contribution in [0.4, 0.5) is 10.1 Å². The number of anilines is 1. The van der Waals surface area contributed by atoms with Gasteiger partial charge < -0.3 is 15.1 Å². The number of likely N-dealkylation sites (tertiary alicyclic amines) is 1. The normalized spacial score (nSPS) is 18.0. The maximum Gasteiger partial charge on any atom is 0.306 e. The van der Waals surface area contributed by atoms with Crippen LogP contribution in [0, 0.1) is 19.8 Å². The number of aliphatic carboxylic acids is 1. The van der Waals surface area contributed by atoms with Crippen LogP contribution < -0.4 is 4.90 Å². The topological polar surface area (TPSA) is 81.1 Å². The van der Waals surface area contributed by atoms with Crippen molar-refractivity contribution in [3.8, 4) is 0 Å². The molecule has 6 nitrogen and oxygen atoms in total. The van der Waals surface area contributed by atoms with E-state index in [1.165, 1.54) is 16.7 Å². The summed E-state index contributed by atoms with van der Waals surface area (Å²) in [7, 11) is 0. The van der Waals surface area contributed by atoms with E-state index in [0.717, 1.165) is 25.3 Å². The molecule has 2 aliphatic rings. The molecule has 9 heteroatoms. The number of nitrogens with zero attached hydrogens (tertiary/aromatic N) is 2. The largest absolute Gasteiger partial charge is 0.483 e. The molecule has 0 amide bonds. The number of aryl methyl sites for hydroxylation is 2. The third kappa shape index (κ3) is 5.65. The summed E-state index contributed by atoms with van der Waals surface area (Å²) in [4.78, 5) is 23.9. The average molecular weight is 511 g/mol. The van der Waals surface area contributed by atoms with Crippen molar-refractivity contribution in [2.24, 2.45) is 5.92 Å². The van der Waals surface area contributed by atoms with Gasteiger partial charge in [0.1, 0.15) is 0 Å². The van der Waals surface area contributed by atoms with Crippen molar-refractivity contribution in [1.82, 2.24) is 4.90 Å². The molecule has 2 heterocycles. The smallest absolute Gasteiger partial charge is 0.306 e. The summed E-state index contributed by atoms with van der Waals surface area (Å²) in [6.07, 6.45) is 1.39. The molecule has 0 unspecified atom stereocenters. The fraction of sp³-hybridized carbons (Fsp3) is 0.440. The molecular weight excluding hydrogens is 482 g/mol. The van der Waals surface area contributed by atoms with Crippen LogP contribution in [0.2, 0.25) is 10.0 Å². The lowest BCUT2D eigenvalue weighted by atomic mass is 9.86. The van der Waals surface area contributed by atoms with E-state index in [1.54, 1.807) is 18.2 Å². The fourth-order valence-electron chi connectivity index (χ4n) is 4.79. The Bertz CT molecular complexity index is 1010. The van der Waals surface area contributed by atoms with Crippen molar-refractivity contribution in [3.63, 3.8) is 0 Å². The summed E-state index contributed by atoms with van der Waals surface area (Å²) in [6.45, 7) is 6.77. The molecule has 0 bridgehead atoms. The van der Waals surface area contributed by atoms with Gasteiger partial charge in [0.25, 0.3) is 6.47 Å². The minimum atomic E-state index is -1.55. The van der Waals surface area contributed by atoms with Gasteiger partial charge in [-0.3, -0.25) is 14.5 Å². The first-order valence-electron chi connectivity index (χ1n) is 11.1. The monoisotopic (exact) mass is 510 g/mol. The van der Waals surface area contributed by atoms with Gasteiger partial charge in [-0.25, -0.2) is 4.39 Å². The number of piperidine rings is 1. The third-order valence-corrected chi connectivity index (χ3v) is 7.29. The van der Waals surface area contributed by atoms with E-state index in [4.69, 9.17) is 33.1 Å². The van der Waals surface area contributed by atoms with E-state index in [0.29, 0.717) is 28.5 Å². The van der Waals surface area contributed by atoms with Gasteiger partial charge >= 0.3 is 5.97 Å². The molecule has 2 aliphatic heterocycles. The van der Waals surface area contributed by atoms with Crippen molar-refractivity contribution >= 4 is 41.3 Å². The van der Waals surface area contributed by atoms with Crippen molar-refractivity contribution in [2.45, 2.75) is 38.9 Å². The van der Waals surface area contributed by atoms with Gasteiger partial charge in [-0.2, -0.15) is 0 Å². The number of carboxylic acids is 1. The fourth-order valence-corrected chi connectivity index (χ4v) is 5.53. The lowest BCUT2D eigenvalue weighted by Gasteiger charge is -2.47. The Kier molecular flexibility index (Phi) is 8.44. The van der Waals surface area contributed by atoms with Gasteiger partial charge in [-0.05, 0) is 80.7 Å². The lowest BCUT2D eigenvalue weighted by Crippen LogP contribution is -2.57. The van der Waals surface area contributed by atoms with Crippen molar-refractivity contribution in [2.75, 3.05) is 31.1 Å². The van der Waals surface area contributed by atoms with Crippen LogP contribution in [0.25, 0.3) is 0 Å². The summed E-state index contributed by atoms with van der Waals surface area (Å²) >= 11 is 12.5. The highest BCUT2D eigenvalue weighted by Crippen LogP contribution is 2.45. The van der Waals surface area contributed by atoms with Gasteiger partial charge in [-0.15, -0.1) is 0 Å². The Hall–Kier alpha value is -2.35.